The van der Waals surface area contributed by atoms with Gasteiger partial charge in [0, 0.05) is 11.9 Å². The zero-order chi connectivity index (χ0) is 11.0. The van der Waals surface area contributed by atoms with Gasteiger partial charge in [-0.1, -0.05) is 12.1 Å². The van der Waals surface area contributed by atoms with Gasteiger partial charge in [-0.15, -0.1) is 0 Å². The van der Waals surface area contributed by atoms with E-state index in [4.69, 9.17) is 0 Å². The van der Waals surface area contributed by atoms with Gasteiger partial charge >= 0.3 is 0 Å². The molecule has 1 saturated heterocycles. The molecule has 16 heavy (non-hydrogen) atoms. The van der Waals surface area contributed by atoms with Crippen LogP contribution in [0.3, 0.4) is 0 Å². The normalized spacial score (nSPS) is 20.7. The van der Waals surface area contributed by atoms with E-state index in [1.54, 1.807) is 0 Å². The van der Waals surface area contributed by atoms with Crippen LogP contribution in [0.5, 0.6) is 0 Å². The van der Waals surface area contributed by atoms with Gasteiger partial charge in [0.2, 0.25) is 0 Å². The van der Waals surface area contributed by atoms with Gasteiger partial charge < -0.3 is 5.32 Å². The molecule has 0 bridgehead atoms. The molecule has 1 aliphatic rings. The summed E-state index contributed by atoms with van der Waals surface area (Å²) in [6, 6.07) is 6.53. The van der Waals surface area contributed by atoms with Crippen molar-refractivity contribution >= 4 is 10.9 Å². The van der Waals surface area contributed by atoms with E-state index in [0.29, 0.717) is 0 Å². The number of fused-ring (bicyclic) bond motifs is 1. The first-order valence-electron chi connectivity index (χ1n) is 5.96. The highest BCUT2D eigenvalue weighted by molar-refractivity contribution is 5.79. The fourth-order valence-corrected chi connectivity index (χ4v) is 2.44. The highest BCUT2D eigenvalue weighted by atomic mass is 15.3. The van der Waals surface area contributed by atoms with Crippen molar-refractivity contribution in [3.8, 4) is 0 Å². The quantitative estimate of drug-likeness (QED) is 0.830. The lowest BCUT2D eigenvalue weighted by molar-refractivity contribution is 0.459. The lowest BCUT2D eigenvalue weighted by Gasteiger charge is -2.09. The number of rotatable bonds is 2. The van der Waals surface area contributed by atoms with Crippen molar-refractivity contribution in [2.75, 3.05) is 13.1 Å². The van der Waals surface area contributed by atoms with Gasteiger partial charge in [-0.25, -0.2) is 0 Å². The first-order chi connectivity index (χ1) is 7.83. The van der Waals surface area contributed by atoms with Crippen LogP contribution in [0.2, 0.25) is 0 Å². The number of hydrogen-bond acceptors (Lipinski definition) is 2. The predicted molar refractivity (Wildman–Crippen MR) is 65.4 cm³/mol. The number of hydrogen-bond donors (Lipinski definition) is 1. The monoisotopic (exact) mass is 215 g/mol. The Balaban J connectivity index is 1.93. The van der Waals surface area contributed by atoms with E-state index < -0.39 is 0 Å². The largest absolute Gasteiger partial charge is 0.316 e. The molecule has 1 fully saturated rings. The Morgan fingerprint density at radius 1 is 1.50 bits per heavy atom. The van der Waals surface area contributed by atoms with Crippen LogP contribution in [0, 0.1) is 12.8 Å². The SMILES string of the molecule is Cc1ccc2cnn(CC3CCNC3)c2c1. The summed E-state index contributed by atoms with van der Waals surface area (Å²) < 4.78 is 2.15. The van der Waals surface area contributed by atoms with E-state index in [1.807, 2.05) is 6.20 Å². The first kappa shape index (κ1) is 9.85. The maximum atomic E-state index is 4.49. The molecule has 1 aliphatic heterocycles. The Labute approximate surface area is 95.5 Å². The maximum Gasteiger partial charge on any atom is 0.0685 e. The van der Waals surface area contributed by atoms with Crippen LogP contribution in [0.25, 0.3) is 10.9 Å². The molecule has 1 aromatic heterocycles. The van der Waals surface area contributed by atoms with Gasteiger partial charge in [-0.05, 0) is 44.0 Å². The van der Waals surface area contributed by atoms with E-state index in [1.165, 1.54) is 22.9 Å². The van der Waals surface area contributed by atoms with Crippen LogP contribution < -0.4 is 5.32 Å². The van der Waals surface area contributed by atoms with E-state index in [0.717, 1.165) is 25.6 Å². The third-order valence-corrected chi connectivity index (χ3v) is 3.39. The lowest BCUT2D eigenvalue weighted by Crippen LogP contribution is -2.15. The molecule has 0 radical (unpaired) electrons. The average molecular weight is 215 g/mol. The summed E-state index contributed by atoms with van der Waals surface area (Å²) in [5.41, 5.74) is 2.57. The maximum absolute atomic E-state index is 4.49. The minimum absolute atomic E-state index is 0.739. The first-order valence-corrected chi connectivity index (χ1v) is 5.96. The Morgan fingerprint density at radius 2 is 2.44 bits per heavy atom. The fourth-order valence-electron chi connectivity index (χ4n) is 2.44. The number of nitrogens with zero attached hydrogens (tertiary/aromatic N) is 2. The summed E-state index contributed by atoms with van der Waals surface area (Å²) in [4.78, 5) is 0. The third-order valence-electron chi connectivity index (χ3n) is 3.39. The van der Waals surface area contributed by atoms with Crippen molar-refractivity contribution < 1.29 is 0 Å². The van der Waals surface area contributed by atoms with Crippen LogP contribution >= 0.6 is 0 Å². The zero-order valence-corrected chi connectivity index (χ0v) is 9.61. The lowest BCUT2D eigenvalue weighted by atomic mass is 10.1. The Bertz CT molecular complexity index is 495. The second-order valence-electron chi connectivity index (χ2n) is 4.75. The van der Waals surface area contributed by atoms with Crippen molar-refractivity contribution in [2.45, 2.75) is 19.9 Å². The Hall–Kier alpha value is -1.35. The summed E-state index contributed by atoms with van der Waals surface area (Å²) in [6.07, 6.45) is 3.24. The average Bonchev–Trinajstić information content (AvgIpc) is 2.90. The third kappa shape index (κ3) is 1.71. The summed E-state index contributed by atoms with van der Waals surface area (Å²) in [5, 5.41) is 9.14. The molecule has 1 atom stereocenters. The van der Waals surface area contributed by atoms with Gasteiger partial charge in [-0.2, -0.15) is 5.10 Å². The molecule has 84 valence electrons. The van der Waals surface area contributed by atoms with Crippen LogP contribution in [-0.2, 0) is 6.54 Å². The Kier molecular flexibility index (Phi) is 2.40. The zero-order valence-electron chi connectivity index (χ0n) is 9.61. The molecule has 0 saturated carbocycles. The van der Waals surface area contributed by atoms with Crippen molar-refractivity contribution in [3.63, 3.8) is 0 Å². The molecule has 3 nitrogen and oxygen atoms in total. The van der Waals surface area contributed by atoms with E-state index in [2.05, 4.69) is 40.2 Å². The second kappa shape index (κ2) is 3.91. The van der Waals surface area contributed by atoms with Crippen LogP contribution in [0.1, 0.15) is 12.0 Å². The minimum atomic E-state index is 0.739. The van der Waals surface area contributed by atoms with E-state index in [9.17, 15) is 0 Å². The van der Waals surface area contributed by atoms with Gasteiger partial charge in [0.25, 0.3) is 0 Å². The fraction of sp³-hybridized carbons (Fsp3) is 0.462. The molecule has 3 rings (SSSR count). The molecular formula is C13H17N3. The van der Waals surface area contributed by atoms with Crippen LogP contribution in [0.15, 0.2) is 24.4 Å². The molecule has 0 aliphatic carbocycles. The molecule has 0 amide bonds. The van der Waals surface area contributed by atoms with Crippen LogP contribution in [0.4, 0.5) is 0 Å². The molecule has 1 unspecified atom stereocenters. The molecule has 1 N–H and O–H groups in total. The van der Waals surface area contributed by atoms with Crippen molar-refractivity contribution in [3.05, 3.63) is 30.0 Å². The number of aromatic nitrogens is 2. The standard InChI is InChI=1S/C13H17N3/c1-10-2-3-12-8-15-16(13(12)6-10)9-11-4-5-14-7-11/h2-3,6,8,11,14H,4-5,7,9H2,1H3. The second-order valence-corrected chi connectivity index (χ2v) is 4.75. The summed E-state index contributed by atoms with van der Waals surface area (Å²) in [5.74, 6) is 0.739. The number of benzene rings is 1. The van der Waals surface area contributed by atoms with Gasteiger partial charge in [-0.3, -0.25) is 4.68 Å². The highest BCUT2D eigenvalue weighted by Crippen LogP contribution is 2.18. The predicted octanol–water partition coefficient (Wildman–Crippen LogP) is 1.95. The minimum Gasteiger partial charge on any atom is -0.316 e. The van der Waals surface area contributed by atoms with Crippen molar-refractivity contribution in [2.24, 2.45) is 5.92 Å². The van der Waals surface area contributed by atoms with E-state index in [-0.39, 0.29) is 0 Å². The topological polar surface area (TPSA) is 29.9 Å². The molecule has 3 heteroatoms. The number of aryl methyl sites for hydroxylation is 1. The Morgan fingerprint density at radius 3 is 3.25 bits per heavy atom. The molecule has 0 spiro atoms. The smallest absolute Gasteiger partial charge is 0.0685 e. The molecule has 2 aromatic rings. The van der Waals surface area contributed by atoms with Gasteiger partial charge in [0.15, 0.2) is 0 Å². The molecular weight excluding hydrogens is 198 g/mol. The summed E-state index contributed by atoms with van der Waals surface area (Å²) in [7, 11) is 0. The van der Waals surface area contributed by atoms with Gasteiger partial charge in [0.1, 0.15) is 0 Å². The van der Waals surface area contributed by atoms with Crippen molar-refractivity contribution in [1.29, 1.82) is 0 Å². The molecule has 2 heterocycles. The van der Waals surface area contributed by atoms with Gasteiger partial charge in [0.05, 0.1) is 11.7 Å². The van der Waals surface area contributed by atoms with Crippen molar-refractivity contribution in [1.82, 2.24) is 15.1 Å². The number of nitrogens with one attached hydrogen (secondary N) is 1. The van der Waals surface area contributed by atoms with Crippen LogP contribution in [-0.4, -0.2) is 22.9 Å². The summed E-state index contributed by atoms with van der Waals surface area (Å²) in [6.45, 7) is 5.46. The summed E-state index contributed by atoms with van der Waals surface area (Å²) >= 11 is 0. The molecule has 1 aromatic carbocycles. The van der Waals surface area contributed by atoms with E-state index >= 15 is 0 Å². The highest BCUT2D eigenvalue weighted by Gasteiger charge is 2.16.